The number of halogens is 1. The van der Waals surface area contributed by atoms with Gasteiger partial charge in [0.1, 0.15) is 22.6 Å². The summed E-state index contributed by atoms with van der Waals surface area (Å²) in [5.41, 5.74) is 4.70. The highest BCUT2D eigenvalue weighted by atomic mass is 32.1. The van der Waals surface area contributed by atoms with E-state index in [0.29, 0.717) is 12.5 Å². The number of benzene rings is 2. The Balaban J connectivity index is 1.15. The number of nitrogens with zero attached hydrogens (tertiary/aromatic N) is 4. The van der Waals surface area contributed by atoms with E-state index < -0.39 is 0 Å². The summed E-state index contributed by atoms with van der Waals surface area (Å²) < 4.78 is 28.5. The monoisotopic (exact) mass is 451 g/mol. The Kier molecular flexibility index (Phi) is 6.25. The van der Waals surface area contributed by atoms with Crippen molar-refractivity contribution >= 4 is 33.7 Å². The molecule has 8 heteroatoms. The van der Waals surface area contributed by atoms with Crippen molar-refractivity contribution in [3.05, 3.63) is 59.5 Å². The number of pyridine rings is 1. The van der Waals surface area contributed by atoms with E-state index in [2.05, 4.69) is 36.1 Å². The number of hydrogen-bond acceptors (Lipinski definition) is 7. The highest BCUT2D eigenvalue weighted by Crippen LogP contribution is 2.25. The smallest absolute Gasteiger partial charge is 0.145 e. The lowest BCUT2D eigenvalue weighted by atomic mass is 10.0. The molecule has 5 rings (SSSR count). The molecular weight excluding hydrogens is 425 g/mol. The van der Waals surface area contributed by atoms with Crippen LogP contribution >= 0.6 is 11.7 Å². The summed E-state index contributed by atoms with van der Waals surface area (Å²) >= 11 is 1.25. The molecule has 6 nitrogen and oxygen atoms in total. The Morgan fingerprint density at radius 3 is 2.75 bits per heavy atom. The molecule has 1 saturated heterocycles. The van der Waals surface area contributed by atoms with Gasteiger partial charge >= 0.3 is 0 Å². The molecule has 3 heterocycles. The summed E-state index contributed by atoms with van der Waals surface area (Å²) in [6, 6.07) is 12.4. The quantitative estimate of drug-likeness (QED) is 0.455. The normalized spacial score (nSPS) is 15.6. The van der Waals surface area contributed by atoms with Crippen molar-refractivity contribution in [1.82, 2.24) is 23.9 Å². The van der Waals surface area contributed by atoms with Crippen LogP contribution in [0.1, 0.15) is 24.0 Å². The lowest BCUT2D eigenvalue weighted by Gasteiger charge is -2.32. The van der Waals surface area contributed by atoms with E-state index in [4.69, 9.17) is 4.74 Å². The van der Waals surface area contributed by atoms with Crippen LogP contribution in [-0.4, -0.2) is 51.4 Å². The van der Waals surface area contributed by atoms with Crippen LogP contribution in [0.3, 0.4) is 0 Å². The van der Waals surface area contributed by atoms with Crippen LogP contribution < -0.4 is 10.1 Å². The summed E-state index contributed by atoms with van der Waals surface area (Å²) in [7, 11) is 1.63. The Bertz CT molecular complexity index is 1220. The number of piperidine rings is 1. The molecule has 166 valence electrons. The number of methoxy groups -OCH3 is 1. The summed E-state index contributed by atoms with van der Waals surface area (Å²) in [5, 5.41) is 4.52. The first kappa shape index (κ1) is 21.2. The van der Waals surface area contributed by atoms with Gasteiger partial charge in [0.25, 0.3) is 0 Å². The maximum absolute atomic E-state index is 14.6. The number of hydrogen-bond donors (Lipinski definition) is 1. The molecule has 4 aromatic rings. The van der Waals surface area contributed by atoms with E-state index in [9.17, 15) is 4.39 Å². The molecule has 32 heavy (non-hydrogen) atoms. The van der Waals surface area contributed by atoms with Crippen molar-refractivity contribution in [2.75, 3.05) is 26.7 Å². The Hall–Kier alpha value is -2.68. The highest BCUT2D eigenvalue weighted by Gasteiger charge is 2.20. The summed E-state index contributed by atoms with van der Waals surface area (Å²) in [5.74, 6) is 0.484. The van der Waals surface area contributed by atoms with Gasteiger partial charge in [-0.15, -0.1) is 0 Å². The number of rotatable bonds is 7. The second kappa shape index (κ2) is 9.44. The first-order valence-electron chi connectivity index (χ1n) is 11.0. The van der Waals surface area contributed by atoms with E-state index in [-0.39, 0.29) is 5.82 Å². The van der Waals surface area contributed by atoms with Crippen LogP contribution in [0.5, 0.6) is 5.75 Å². The van der Waals surface area contributed by atoms with Gasteiger partial charge < -0.3 is 15.0 Å². The van der Waals surface area contributed by atoms with Crippen molar-refractivity contribution in [3.63, 3.8) is 0 Å². The average Bonchev–Trinajstić information content (AvgIpc) is 3.30. The molecule has 1 N–H and O–H groups in total. The largest absolute Gasteiger partial charge is 0.497 e. The molecule has 2 aromatic heterocycles. The Morgan fingerprint density at radius 2 is 1.91 bits per heavy atom. The Labute approximate surface area is 190 Å². The van der Waals surface area contributed by atoms with Crippen molar-refractivity contribution < 1.29 is 9.13 Å². The first-order chi connectivity index (χ1) is 15.7. The zero-order chi connectivity index (χ0) is 21.9. The first-order valence-corrected chi connectivity index (χ1v) is 11.7. The molecule has 0 radical (unpaired) electrons. The Morgan fingerprint density at radius 1 is 1.09 bits per heavy atom. The second-order valence-electron chi connectivity index (χ2n) is 8.30. The van der Waals surface area contributed by atoms with Gasteiger partial charge in [-0.2, -0.15) is 8.75 Å². The molecule has 0 bridgehead atoms. The van der Waals surface area contributed by atoms with Crippen molar-refractivity contribution in [1.29, 1.82) is 0 Å². The predicted octanol–water partition coefficient (Wildman–Crippen LogP) is 4.18. The van der Waals surface area contributed by atoms with Gasteiger partial charge in [0.05, 0.1) is 30.6 Å². The molecule has 1 aliphatic rings. The average molecular weight is 452 g/mol. The minimum atomic E-state index is -0.241. The molecule has 0 amide bonds. The molecule has 0 aliphatic carbocycles. The van der Waals surface area contributed by atoms with Crippen LogP contribution in [-0.2, 0) is 13.0 Å². The minimum Gasteiger partial charge on any atom is -0.497 e. The summed E-state index contributed by atoms with van der Waals surface area (Å²) in [6.45, 7) is 3.71. The van der Waals surface area contributed by atoms with Crippen molar-refractivity contribution in [3.8, 4) is 5.75 Å². The molecule has 0 atom stereocenters. The van der Waals surface area contributed by atoms with Crippen LogP contribution in [0.4, 0.5) is 4.39 Å². The van der Waals surface area contributed by atoms with Crippen LogP contribution in [0.15, 0.2) is 42.6 Å². The van der Waals surface area contributed by atoms with Gasteiger partial charge in [-0.1, -0.05) is 6.07 Å². The van der Waals surface area contributed by atoms with Gasteiger partial charge in [0.15, 0.2) is 0 Å². The summed E-state index contributed by atoms with van der Waals surface area (Å²) in [6.07, 6.45) is 4.18. The molecule has 0 spiro atoms. The SMILES string of the molecule is COc1ccc2ncc(F)c(CCN3CCC(NCc4ccc5nsnc5c4)CC3)c2c1. The standard InChI is InChI=1S/C24H26FN5OS/c1-31-18-3-5-22-20(13-18)19(21(25)15-27-22)8-11-30-9-6-17(7-10-30)26-14-16-2-4-23-24(12-16)29-32-28-23/h2-5,12-13,15,17,26H,6-11,14H2,1H3. The molecule has 0 unspecified atom stereocenters. The number of ether oxygens (including phenoxy) is 1. The van der Waals surface area contributed by atoms with Gasteiger partial charge in [-0.3, -0.25) is 4.98 Å². The van der Waals surface area contributed by atoms with E-state index in [1.807, 2.05) is 24.3 Å². The molecule has 1 aliphatic heterocycles. The van der Waals surface area contributed by atoms with Crippen LogP contribution in [0.2, 0.25) is 0 Å². The zero-order valence-corrected chi connectivity index (χ0v) is 18.9. The highest BCUT2D eigenvalue weighted by molar-refractivity contribution is 7.00. The van der Waals surface area contributed by atoms with Gasteiger partial charge in [0.2, 0.25) is 0 Å². The van der Waals surface area contributed by atoms with Gasteiger partial charge in [-0.05, 0) is 68.2 Å². The summed E-state index contributed by atoms with van der Waals surface area (Å²) in [4.78, 5) is 6.65. The lowest BCUT2D eigenvalue weighted by molar-refractivity contribution is 0.199. The van der Waals surface area contributed by atoms with E-state index in [0.717, 1.165) is 72.3 Å². The second-order valence-corrected chi connectivity index (χ2v) is 8.83. The third-order valence-electron chi connectivity index (χ3n) is 6.31. The molecular formula is C24H26FN5OS. The van der Waals surface area contributed by atoms with Crippen LogP contribution in [0, 0.1) is 5.82 Å². The van der Waals surface area contributed by atoms with Crippen molar-refractivity contribution in [2.45, 2.75) is 31.8 Å². The molecule has 1 fully saturated rings. The third-order valence-corrected chi connectivity index (χ3v) is 6.87. The zero-order valence-electron chi connectivity index (χ0n) is 18.1. The molecule has 2 aromatic carbocycles. The number of aromatic nitrogens is 3. The minimum absolute atomic E-state index is 0.241. The van der Waals surface area contributed by atoms with Crippen molar-refractivity contribution in [2.24, 2.45) is 0 Å². The van der Waals surface area contributed by atoms with E-state index in [1.165, 1.54) is 23.5 Å². The third kappa shape index (κ3) is 4.57. The number of fused-ring (bicyclic) bond motifs is 2. The fraction of sp³-hybridized carbons (Fsp3) is 0.375. The number of nitrogens with one attached hydrogen (secondary N) is 1. The molecule has 0 saturated carbocycles. The fourth-order valence-corrected chi connectivity index (χ4v) is 4.93. The maximum atomic E-state index is 14.6. The fourth-order valence-electron chi connectivity index (χ4n) is 4.41. The van der Waals surface area contributed by atoms with Crippen LogP contribution in [0.25, 0.3) is 21.9 Å². The maximum Gasteiger partial charge on any atom is 0.145 e. The number of likely N-dealkylation sites (tertiary alicyclic amines) is 1. The topological polar surface area (TPSA) is 63.2 Å². The lowest BCUT2D eigenvalue weighted by Crippen LogP contribution is -2.42. The van der Waals surface area contributed by atoms with E-state index in [1.54, 1.807) is 7.11 Å². The van der Waals surface area contributed by atoms with Gasteiger partial charge in [0, 0.05) is 30.1 Å². The van der Waals surface area contributed by atoms with E-state index >= 15 is 0 Å². The van der Waals surface area contributed by atoms with Gasteiger partial charge in [-0.25, -0.2) is 4.39 Å². The predicted molar refractivity (Wildman–Crippen MR) is 126 cm³/mol.